The first-order valence-electron chi connectivity index (χ1n) is 13.0. The summed E-state index contributed by atoms with van der Waals surface area (Å²) in [4.78, 5) is 0. The van der Waals surface area contributed by atoms with E-state index in [2.05, 4.69) is 6.58 Å². The molecule has 0 spiro atoms. The fourth-order valence-electron chi connectivity index (χ4n) is 4.67. The number of hydrogen-bond acceptors (Lipinski definition) is 8. The minimum absolute atomic E-state index is 0.148. The summed E-state index contributed by atoms with van der Waals surface area (Å²) in [5, 5.41) is 29.6. The highest BCUT2D eigenvalue weighted by molar-refractivity contribution is 5.28. The summed E-state index contributed by atoms with van der Waals surface area (Å²) in [7, 11) is 0. The van der Waals surface area contributed by atoms with E-state index in [1.165, 1.54) is 0 Å². The van der Waals surface area contributed by atoms with E-state index in [1.54, 1.807) is 6.08 Å². The Kier molecular flexibility index (Phi) is 10.1. The molecular formula is C29H38O8. The SMILES string of the molecule is C=CCC1OC(c2ccc(CCCO)cc2)OC2C(C(O)CO)OC(c3ccc(OCCC)cc3)OC12. The standard InChI is InChI=1S/C29H38O8/c1-3-6-24-26-27(37-28(34-24)20-10-8-19(9-11-20)7-5-16-30)25(23(32)18-31)35-29(36-26)21-12-14-22(15-13-21)33-17-4-2/h3,8-15,23-32H,1,4-7,16-18H2,2H3. The maximum absolute atomic E-state index is 10.7. The van der Waals surface area contributed by atoms with E-state index >= 15 is 0 Å². The predicted molar refractivity (Wildman–Crippen MR) is 137 cm³/mol. The molecule has 0 amide bonds. The summed E-state index contributed by atoms with van der Waals surface area (Å²) in [6.45, 7) is 6.23. The summed E-state index contributed by atoms with van der Waals surface area (Å²) in [5.74, 6) is 0.755. The molecule has 0 aliphatic carbocycles. The van der Waals surface area contributed by atoms with Gasteiger partial charge in [0, 0.05) is 17.7 Å². The van der Waals surface area contributed by atoms with Gasteiger partial charge in [-0.15, -0.1) is 6.58 Å². The monoisotopic (exact) mass is 514 g/mol. The molecule has 2 heterocycles. The van der Waals surface area contributed by atoms with Crippen LogP contribution in [0.1, 0.15) is 55.5 Å². The second-order valence-corrected chi connectivity index (χ2v) is 9.40. The predicted octanol–water partition coefficient (Wildman–Crippen LogP) is 3.60. The van der Waals surface area contributed by atoms with Crippen LogP contribution in [0.25, 0.3) is 0 Å². The average molecular weight is 515 g/mol. The van der Waals surface area contributed by atoms with Gasteiger partial charge in [-0.05, 0) is 43.4 Å². The molecule has 7 unspecified atom stereocenters. The number of benzene rings is 2. The lowest BCUT2D eigenvalue weighted by atomic mass is 9.93. The molecule has 0 bridgehead atoms. The van der Waals surface area contributed by atoms with E-state index in [4.69, 9.17) is 28.8 Å². The third kappa shape index (κ3) is 6.78. The van der Waals surface area contributed by atoms with Crippen LogP contribution < -0.4 is 4.74 Å². The summed E-state index contributed by atoms with van der Waals surface area (Å²) in [6, 6.07) is 15.3. The lowest BCUT2D eigenvalue weighted by Crippen LogP contribution is -2.61. The molecule has 8 heteroatoms. The lowest BCUT2D eigenvalue weighted by molar-refractivity contribution is -0.390. The highest BCUT2D eigenvalue weighted by Crippen LogP contribution is 2.42. The number of aliphatic hydroxyl groups excluding tert-OH is 3. The number of fused-ring (bicyclic) bond motifs is 1. The zero-order valence-corrected chi connectivity index (χ0v) is 21.3. The van der Waals surface area contributed by atoms with E-state index in [-0.39, 0.29) is 6.61 Å². The van der Waals surface area contributed by atoms with Crippen molar-refractivity contribution < 1.29 is 39.0 Å². The Balaban J connectivity index is 1.56. The van der Waals surface area contributed by atoms with Gasteiger partial charge in [-0.3, -0.25) is 0 Å². The fraction of sp³-hybridized carbons (Fsp3) is 0.517. The molecule has 2 saturated heterocycles. The minimum atomic E-state index is -1.17. The van der Waals surface area contributed by atoms with Crippen LogP contribution in [0.3, 0.4) is 0 Å². The lowest BCUT2D eigenvalue weighted by Gasteiger charge is -2.50. The van der Waals surface area contributed by atoms with Crippen LogP contribution in [0.2, 0.25) is 0 Å². The van der Waals surface area contributed by atoms with E-state index in [9.17, 15) is 10.2 Å². The number of hydrogen-bond donors (Lipinski definition) is 3. The van der Waals surface area contributed by atoms with Gasteiger partial charge in [-0.1, -0.05) is 49.4 Å². The molecule has 0 saturated carbocycles. The average Bonchev–Trinajstić information content (AvgIpc) is 2.94. The maximum Gasteiger partial charge on any atom is 0.184 e. The number of aryl methyl sites for hydroxylation is 1. The van der Waals surface area contributed by atoms with Gasteiger partial charge >= 0.3 is 0 Å². The molecule has 8 nitrogen and oxygen atoms in total. The van der Waals surface area contributed by atoms with Gasteiger partial charge in [-0.2, -0.15) is 0 Å². The van der Waals surface area contributed by atoms with Gasteiger partial charge in [-0.25, -0.2) is 0 Å². The Hall–Kier alpha value is -2.30. The van der Waals surface area contributed by atoms with Crippen LogP contribution in [-0.4, -0.2) is 65.7 Å². The van der Waals surface area contributed by atoms with Crippen molar-refractivity contribution in [2.75, 3.05) is 19.8 Å². The molecule has 4 rings (SSSR count). The summed E-state index contributed by atoms with van der Waals surface area (Å²) < 4.78 is 30.9. The van der Waals surface area contributed by atoms with Crippen molar-refractivity contribution in [3.05, 3.63) is 77.9 Å². The molecule has 2 fully saturated rings. The molecule has 2 aliphatic heterocycles. The first-order chi connectivity index (χ1) is 18.1. The molecule has 3 N–H and O–H groups in total. The summed E-state index contributed by atoms with van der Waals surface area (Å²) >= 11 is 0. The van der Waals surface area contributed by atoms with E-state index in [0.29, 0.717) is 19.4 Å². The van der Waals surface area contributed by atoms with Crippen molar-refractivity contribution in [1.29, 1.82) is 0 Å². The Morgan fingerprint density at radius 1 is 0.919 bits per heavy atom. The molecule has 0 aromatic heterocycles. The first kappa shape index (κ1) is 27.7. The maximum atomic E-state index is 10.7. The van der Waals surface area contributed by atoms with Gasteiger partial charge in [0.2, 0.25) is 0 Å². The summed E-state index contributed by atoms with van der Waals surface area (Å²) in [5.41, 5.74) is 2.69. The van der Waals surface area contributed by atoms with Crippen molar-refractivity contribution in [1.82, 2.24) is 0 Å². The zero-order valence-electron chi connectivity index (χ0n) is 21.3. The van der Waals surface area contributed by atoms with Gasteiger partial charge in [0.25, 0.3) is 0 Å². The van der Waals surface area contributed by atoms with Gasteiger partial charge in [0.1, 0.15) is 30.2 Å². The van der Waals surface area contributed by atoms with Crippen LogP contribution in [0.4, 0.5) is 0 Å². The van der Waals surface area contributed by atoms with Crippen LogP contribution >= 0.6 is 0 Å². The minimum Gasteiger partial charge on any atom is -0.494 e. The largest absolute Gasteiger partial charge is 0.494 e. The smallest absolute Gasteiger partial charge is 0.184 e. The van der Waals surface area contributed by atoms with Crippen LogP contribution in [0, 0.1) is 0 Å². The first-order valence-corrected chi connectivity index (χ1v) is 13.0. The van der Waals surface area contributed by atoms with E-state index in [0.717, 1.165) is 35.3 Å². The second kappa shape index (κ2) is 13.5. The molecule has 202 valence electrons. The quantitative estimate of drug-likeness (QED) is 0.369. The molecule has 37 heavy (non-hydrogen) atoms. The summed E-state index contributed by atoms with van der Waals surface area (Å²) in [6.07, 6.45) is -0.452. The van der Waals surface area contributed by atoms with Crippen molar-refractivity contribution >= 4 is 0 Å². The van der Waals surface area contributed by atoms with Crippen molar-refractivity contribution in [3.8, 4) is 5.75 Å². The van der Waals surface area contributed by atoms with Crippen LogP contribution in [0.15, 0.2) is 61.2 Å². The van der Waals surface area contributed by atoms with Crippen molar-refractivity contribution in [3.63, 3.8) is 0 Å². The topological polar surface area (TPSA) is 107 Å². The van der Waals surface area contributed by atoms with Crippen molar-refractivity contribution in [2.45, 2.75) is 75.7 Å². The molecule has 2 aromatic carbocycles. The number of ether oxygens (including phenoxy) is 5. The third-order valence-electron chi connectivity index (χ3n) is 6.62. The Morgan fingerprint density at radius 2 is 1.57 bits per heavy atom. The second-order valence-electron chi connectivity index (χ2n) is 9.40. The molecule has 2 aromatic rings. The highest BCUT2D eigenvalue weighted by Gasteiger charge is 2.51. The molecule has 0 radical (unpaired) electrons. The van der Waals surface area contributed by atoms with Crippen molar-refractivity contribution in [2.24, 2.45) is 0 Å². The number of rotatable bonds is 12. The Labute approximate surface area is 218 Å². The third-order valence-corrected chi connectivity index (χ3v) is 6.62. The Morgan fingerprint density at radius 3 is 2.19 bits per heavy atom. The van der Waals surface area contributed by atoms with Gasteiger partial charge in [0.15, 0.2) is 12.6 Å². The van der Waals surface area contributed by atoms with Gasteiger partial charge < -0.3 is 39.0 Å². The number of aliphatic hydroxyl groups is 3. The normalized spacial score (nSPS) is 28.3. The van der Waals surface area contributed by atoms with Crippen LogP contribution in [-0.2, 0) is 25.4 Å². The molecular weight excluding hydrogens is 476 g/mol. The molecule has 2 aliphatic rings. The van der Waals surface area contributed by atoms with E-state index in [1.807, 2.05) is 55.5 Å². The van der Waals surface area contributed by atoms with Gasteiger partial charge in [0.05, 0.1) is 19.3 Å². The zero-order chi connectivity index (χ0) is 26.2. The molecule has 7 atom stereocenters. The fourth-order valence-corrected chi connectivity index (χ4v) is 4.67. The van der Waals surface area contributed by atoms with E-state index < -0.39 is 49.7 Å². The Bertz CT molecular complexity index is 963. The highest BCUT2D eigenvalue weighted by atomic mass is 16.8. The van der Waals surface area contributed by atoms with Crippen LogP contribution in [0.5, 0.6) is 5.75 Å².